The molecule has 1 fully saturated rings. The van der Waals surface area contributed by atoms with E-state index in [0.717, 1.165) is 0 Å². The van der Waals surface area contributed by atoms with Gasteiger partial charge in [0.25, 0.3) is 0 Å². The highest BCUT2D eigenvalue weighted by Crippen LogP contribution is 2.34. The van der Waals surface area contributed by atoms with Gasteiger partial charge in [-0.25, -0.2) is 0 Å². The zero-order chi connectivity index (χ0) is 17.3. The monoisotopic (exact) mass is 379 g/mol. The lowest BCUT2D eigenvalue weighted by molar-refractivity contribution is -0.238. The van der Waals surface area contributed by atoms with Crippen LogP contribution in [0.3, 0.4) is 0 Å². The highest BCUT2D eigenvalue weighted by atomic mass is 35.5. The van der Waals surface area contributed by atoms with Crippen molar-refractivity contribution in [2.75, 3.05) is 19.7 Å². The Bertz CT molecular complexity index is 718. The summed E-state index contributed by atoms with van der Waals surface area (Å²) < 4.78 is 48.8. The summed E-state index contributed by atoms with van der Waals surface area (Å²) in [6.07, 6.45) is -6.12. The minimum absolute atomic E-state index is 0.0395. The molecule has 0 bridgehead atoms. The van der Waals surface area contributed by atoms with E-state index >= 15 is 0 Å². The first-order valence-electron chi connectivity index (χ1n) is 7.28. The highest BCUT2D eigenvalue weighted by Gasteiger charge is 2.43. The second-order valence-electron chi connectivity index (χ2n) is 5.50. The zero-order valence-corrected chi connectivity index (χ0v) is 14.0. The van der Waals surface area contributed by atoms with Crippen molar-refractivity contribution in [3.05, 3.63) is 46.1 Å². The second kappa shape index (κ2) is 6.96. The quantitative estimate of drug-likeness (QED) is 0.748. The summed E-state index contributed by atoms with van der Waals surface area (Å²) >= 11 is 12.1. The molecular weight excluding hydrogens is 366 g/mol. The van der Waals surface area contributed by atoms with Gasteiger partial charge < -0.3 is 9.15 Å². The van der Waals surface area contributed by atoms with Crippen molar-refractivity contribution >= 4 is 23.2 Å². The van der Waals surface area contributed by atoms with Gasteiger partial charge in [-0.05, 0) is 24.3 Å². The maximum Gasteiger partial charge on any atom is 0.415 e. The molecule has 2 heterocycles. The fourth-order valence-corrected chi connectivity index (χ4v) is 2.96. The Hall–Kier alpha value is -1.21. The Morgan fingerprint density at radius 2 is 1.96 bits per heavy atom. The van der Waals surface area contributed by atoms with Crippen molar-refractivity contribution in [1.29, 1.82) is 0 Å². The fraction of sp³-hybridized carbons (Fsp3) is 0.375. The van der Waals surface area contributed by atoms with E-state index < -0.39 is 12.3 Å². The van der Waals surface area contributed by atoms with Gasteiger partial charge in [0.1, 0.15) is 11.5 Å². The summed E-state index contributed by atoms with van der Waals surface area (Å²) in [5.74, 6) is 1.09. The molecule has 1 aliphatic rings. The average molecular weight is 380 g/mol. The van der Waals surface area contributed by atoms with E-state index in [1.807, 2.05) is 0 Å². The Morgan fingerprint density at radius 1 is 1.17 bits per heavy atom. The van der Waals surface area contributed by atoms with Crippen LogP contribution in [-0.2, 0) is 11.3 Å². The molecule has 0 amide bonds. The van der Waals surface area contributed by atoms with Gasteiger partial charge in [0, 0.05) is 18.7 Å². The average Bonchev–Trinajstić information content (AvgIpc) is 2.98. The molecule has 0 spiro atoms. The summed E-state index contributed by atoms with van der Waals surface area (Å²) in [5.41, 5.74) is 0.644. The van der Waals surface area contributed by atoms with Crippen molar-refractivity contribution < 1.29 is 22.3 Å². The van der Waals surface area contributed by atoms with Crippen LogP contribution in [0.15, 0.2) is 34.7 Å². The number of halogens is 5. The fourth-order valence-electron chi connectivity index (χ4n) is 2.57. The van der Waals surface area contributed by atoms with E-state index in [2.05, 4.69) is 0 Å². The third kappa shape index (κ3) is 3.88. The molecule has 8 heteroatoms. The smallest absolute Gasteiger partial charge is 0.415 e. The van der Waals surface area contributed by atoms with E-state index in [4.69, 9.17) is 32.4 Å². The minimum atomic E-state index is -4.36. The lowest BCUT2D eigenvalue weighted by Crippen LogP contribution is -2.48. The summed E-state index contributed by atoms with van der Waals surface area (Å²) in [4.78, 5) is 1.66. The van der Waals surface area contributed by atoms with Gasteiger partial charge in [-0.15, -0.1) is 0 Å². The SMILES string of the molecule is FC(F)(F)C1CN(Cc2ccc(-c3cccc(Cl)c3Cl)o2)CCO1. The number of hydrogen-bond donors (Lipinski definition) is 0. The van der Waals surface area contributed by atoms with Crippen LogP contribution in [0.5, 0.6) is 0 Å². The highest BCUT2D eigenvalue weighted by molar-refractivity contribution is 6.43. The van der Waals surface area contributed by atoms with Gasteiger partial charge in [0.05, 0.1) is 23.2 Å². The van der Waals surface area contributed by atoms with Crippen molar-refractivity contribution in [1.82, 2.24) is 4.90 Å². The van der Waals surface area contributed by atoms with Crippen LogP contribution in [0.4, 0.5) is 13.2 Å². The molecule has 130 valence electrons. The topological polar surface area (TPSA) is 25.6 Å². The summed E-state index contributed by atoms with van der Waals surface area (Å²) in [5, 5.41) is 0.789. The molecule has 1 unspecified atom stereocenters. The van der Waals surface area contributed by atoms with Crippen LogP contribution in [0.2, 0.25) is 10.0 Å². The molecule has 3 nitrogen and oxygen atoms in total. The van der Waals surface area contributed by atoms with Crippen molar-refractivity contribution in [2.24, 2.45) is 0 Å². The number of furan rings is 1. The molecule has 3 rings (SSSR count). The maximum absolute atomic E-state index is 12.8. The van der Waals surface area contributed by atoms with E-state index in [0.29, 0.717) is 33.7 Å². The molecule has 1 aromatic carbocycles. The molecule has 0 saturated carbocycles. The molecule has 0 aliphatic carbocycles. The van der Waals surface area contributed by atoms with E-state index in [9.17, 15) is 13.2 Å². The first-order chi connectivity index (χ1) is 11.3. The summed E-state index contributed by atoms with van der Waals surface area (Å²) in [6.45, 7) is 0.518. The summed E-state index contributed by atoms with van der Waals surface area (Å²) in [7, 11) is 0. The van der Waals surface area contributed by atoms with Crippen LogP contribution >= 0.6 is 23.2 Å². The Balaban J connectivity index is 1.71. The lowest BCUT2D eigenvalue weighted by atomic mass is 10.2. The molecule has 24 heavy (non-hydrogen) atoms. The third-order valence-corrected chi connectivity index (χ3v) is 4.59. The molecular formula is C16H14Cl2F3NO2. The first-order valence-corrected chi connectivity index (χ1v) is 8.04. The number of nitrogens with zero attached hydrogens (tertiary/aromatic N) is 1. The third-order valence-electron chi connectivity index (χ3n) is 3.77. The van der Waals surface area contributed by atoms with Gasteiger partial charge in [-0.2, -0.15) is 13.2 Å². The number of benzene rings is 1. The molecule has 2 aromatic rings. The number of rotatable bonds is 3. The standard InChI is InChI=1S/C16H14Cl2F3NO2/c17-12-3-1-2-11(15(12)18)13-5-4-10(24-13)8-22-6-7-23-14(9-22)16(19,20)21/h1-5,14H,6-9H2. The Kier molecular flexibility index (Phi) is 5.11. The Morgan fingerprint density at radius 3 is 2.71 bits per heavy atom. The van der Waals surface area contributed by atoms with Crippen LogP contribution < -0.4 is 0 Å². The zero-order valence-electron chi connectivity index (χ0n) is 12.4. The van der Waals surface area contributed by atoms with E-state index in [-0.39, 0.29) is 19.7 Å². The largest absolute Gasteiger partial charge is 0.460 e. The lowest BCUT2D eigenvalue weighted by Gasteiger charge is -2.33. The second-order valence-corrected chi connectivity index (χ2v) is 6.29. The molecule has 0 radical (unpaired) electrons. The molecule has 0 N–H and O–H groups in total. The van der Waals surface area contributed by atoms with Crippen LogP contribution in [-0.4, -0.2) is 36.9 Å². The van der Waals surface area contributed by atoms with Crippen molar-refractivity contribution in [2.45, 2.75) is 18.8 Å². The normalized spacial score (nSPS) is 19.6. The van der Waals surface area contributed by atoms with Crippen LogP contribution in [0.1, 0.15) is 5.76 Å². The number of hydrogen-bond acceptors (Lipinski definition) is 3. The summed E-state index contributed by atoms with van der Waals surface area (Å²) in [6, 6.07) is 8.65. The van der Waals surface area contributed by atoms with Gasteiger partial charge in [0.2, 0.25) is 0 Å². The van der Waals surface area contributed by atoms with Gasteiger partial charge in [-0.1, -0.05) is 29.3 Å². The molecule has 1 atom stereocenters. The first kappa shape index (κ1) is 17.6. The maximum atomic E-state index is 12.8. The van der Waals surface area contributed by atoms with Crippen molar-refractivity contribution in [3.8, 4) is 11.3 Å². The Labute approximate surface area is 146 Å². The van der Waals surface area contributed by atoms with Crippen LogP contribution in [0.25, 0.3) is 11.3 Å². The molecule has 1 aromatic heterocycles. The number of ether oxygens (including phenoxy) is 1. The van der Waals surface area contributed by atoms with Crippen molar-refractivity contribution in [3.63, 3.8) is 0 Å². The molecule has 1 aliphatic heterocycles. The predicted octanol–water partition coefficient (Wildman–Crippen LogP) is 5.02. The minimum Gasteiger partial charge on any atom is -0.460 e. The number of morpholine rings is 1. The van der Waals surface area contributed by atoms with Gasteiger partial charge >= 0.3 is 6.18 Å². The van der Waals surface area contributed by atoms with Gasteiger partial charge in [-0.3, -0.25) is 4.90 Å². The predicted molar refractivity (Wildman–Crippen MR) is 85.2 cm³/mol. The molecule has 1 saturated heterocycles. The van der Waals surface area contributed by atoms with E-state index in [1.165, 1.54) is 0 Å². The van der Waals surface area contributed by atoms with E-state index in [1.54, 1.807) is 35.2 Å². The van der Waals surface area contributed by atoms with Crippen LogP contribution in [0, 0.1) is 0 Å². The van der Waals surface area contributed by atoms with Gasteiger partial charge in [0.15, 0.2) is 6.10 Å². The number of alkyl halides is 3.